The molecule has 0 spiro atoms. The van der Waals surface area contributed by atoms with Gasteiger partial charge in [-0.15, -0.1) is 11.8 Å². The van der Waals surface area contributed by atoms with Crippen molar-refractivity contribution in [3.05, 3.63) is 18.2 Å². The lowest BCUT2D eigenvalue weighted by molar-refractivity contribution is 0.171. The number of aliphatic hydroxyl groups excluding tert-OH is 1. The first-order valence-electron chi connectivity index (χ1n) is 4.96. The monoisotopic (exact) mass is 226 g/mol. The summed E-state index contributed by atoms with van der Waals surface area (Å²) in [4.78, 5) is 1.10. The van der Waals surface area contributed by atoms with Crippen molar-refractivity contribution in [1.82, 2.24) is 0 Å². The highest BCUT2D eigenvalue weighted by molar-refractivity contribution is 7.99. The van der Waals surface area contributed by atoms with Gasteiger partial charge in [-0.25, -0.2) is 0 Å². The fraction of sp³-hybridized carbons (Fsp3) is 0.455. The molecule has 0 aromatic heterocycles. The molecule has 15 heavy (non-hydrogen) atoms. The van der Waals surface area contributed by atoms with Crippen LogP contribution in [-0.4, -0.2) is 30.2 Å². The predicted octanol–water partition coefficient (Wildman–Crippen LogP) is 1.93. The summed E-state index contributed by atoms with van der Waals surface area (Å²) in [6.45, 7) is 3.01. The number of rotatable bonds is 3. The van der Waals surface area contributed by atoms with Gasteiger partial charge in [0.2, 0.25) is 0 Å². The summed E-state index contributed by atoms with van der Waals surface area (Å²) in [7, 11) is 0. The number of thioether (sulfide) groups is 1. The minimum Gasteiger partial charge on any atom is -0.486 e. The topological polar surface area (TPSA) is 38.7 Å². The lowest BCUT2D eigenvalue weighted by Crippen LogP contribution is -2.15. The average molecular weight is 226 g/mol. The van der Waals surface area contributed by atoms with Crippen LogP contribution in [0.25, 0.3) is 0 Å². The molecule has 1 aromatic rings. The molecule has 0 bridgehead atoms. The van der Waals surface area contributed by atoms with Crippen LogP contribution in [-0.2, 0) is 0 Å². The molecule has 0 saturated carbocycles. The van der Waals surface area contributed by atoms with E-state index in [1.54, 1.807) is 18.7 Å². The fourth-order valence-corrected chi connectivity index (χ4v) is 2.12. The third-order valence-corrected chi connectivity index (χ3v) is 3.24. The Kier molecular flexibility index (Phi) is 3.38. The van der Waals surface area contributed by atoms with E-state index in [1.807, 2.05) is 18.2 Å². The Balaban J connectivity index is 2.07. The van der Waals surface area contributed by atoms with Crippen LogP contribution in [0.4, 0.5) is 0 Å². The molecule has 4 heteroatoms. The van der Waals surface area contributed by atoms with E-state index in [-0.39, 0.29) is 6.10 Å². The number of aliphatic hydroxyl groups is 1. The van der Waals surface area contributed by atoms with Gasteiger partial charge >= 0.3 is 0 Å². The van der Waals surface area contributed by atoms with Crippen molar-refractivity contribution in [2.45, 2.75) is 17.9 Å². The van der Waals surface area contributed by atoms with E-state index in [4.69, 9.17) is 9.47 Å². The smallest absolute Gasteiger partial charge is 0.162 e. The molecule has 0 saturated heterocycles. The minimum absolute atomic E-state index is 0.289. The highest BCUT2D eigenvalue weighted by Gasteiger charge is 2.11. The Morgan fingerprint density at radius 3 is 2.80 bits per heavy atom. The van der Waals surface area contributed by atoms with E-state index in [2.05, 4.69) is 0 Å². The van der Waals surface area contributed by atoms with Gasteiger partial charge in [-0.1, -0.05) is 0 Å². The van der Waals surface area contributed by atoms with Crippen molar-refractivity contribution in [3.63, 3.8) is 0 Å². The SMILES string of the molecule is C[C@H](O)CSc1ccc2c(c1)OCCO2. The molecule has 0 radical (unpaired) electrons. The van der Waals surface area contributed by atoms with Gasteiger partial charge in [0.05, 0.1) is 6.10 Å². The van der Waals surface area contributed by atoms with Gasteiger partial charge in [0, 0.05) is 10.6 Å². The lowest BCUT2D eigenvalue weighted by atomic mass is 10.3. The van der Waals surface area contributed by atoms with Crippen LogP contribution in [0.15, 0.2) is 23.1 Å². The zero-order chi connectivity index (χ0) is 10.7. The molecule has 0 aliphatic carbocycles. The normalized spacial score (nSPS) is 16.1. The maximum Gasteiger partial charge on any atom is 0.162 e. The third-order valence-electron chi connectivity index (χ3n) is 2.00. The summed E-state index contributed by atoms with van der Waals surface area (Å²) in [6.07, 6.45) is -0.289. The van der Waals surface area contributed by atoms with E-state index in [1.165, 1.54) is 0 Å². The second kappa shape index (κ2) is 4.77. The van der Waals surface area contributed by atoms with Gasteiger partial charge in [0.1, 0.15) is 13.2 Å². The van der Waals surface area contributed by atoms with Crippen molar-refractivity contribution >= 4 is 11.8 Å². The zero-order valence-electron chi connectivity index (χ0n) is 8.60. The first-order chi connectivity index (χ1) is 7.25. The van der Waals surface area contributed by atoms with Crippen LogP contribution in [0.1, 0.15) is 6.92 Å². The molecular formula is C11H14O3S. The number of benzene rings is 1. The molecule has 1 aliphatic heterocycles. The summed E-state index contributed by atoms with van der Waals surface area (Å²) in [5.41, 5.74) is 0. The number of fused-ring (bicyclic) bond motifs is 1. The van der Waals surface area contributed by atoms with Crippen molar-refractivity contribution in [2.24, 2.45) is 0 Å². The molecule has 2 rings (SSSR count). The predicted molar refractivity (Wildman–Crippen MR) is 59.8 cm³/mol. The first kappa shape index (κ1) is 10.6. The summed E-state index contributed by atoms with van der Waals surface area (Å²) in [5, 5.41) is 9.18. The van der Waals surface area contributed by atoms with Crippen LogP contribution in [0, 0.1) is 0 Å². The van der Waals surface area contributed by atoms with E-state index in [0.717, 1.165) is 16.4 Å². The molecule has 1 aromatic carbocycles. The minimum atomic E-state index is -0.289. The Morgan fingerprint density at radius 2 is 2.07 bits per heavy atom. The Labute approximate surface area is 93.4 Å². The van der Waals surface area contributed by atoms with Crippen molar-refractivity contribution in [1.29, 1.82) is 0 Å². The van der Waals surface area contributed by atoms with Gasteiger partial charge < -0.3 is 14.6 Å². The molecule has 0 unspecified atom stereocenters. The Bertz CT molecular complexity index is 339. The number of hydrogen-bond donors (Lipinski definition) is 1. The van der Waals surface area contributed by atoms with Gasteiger partial charge in [0.15, 0.2) is 11.5 Å². The molecule has 1 heterocycles. The van der Waals surface area contributed by atoms with Crippen LogP contribution in [0.5, 0.6) is 11.5 Å². The van der Waals surface area contributed by atoms with E-state index in [0.29, 0.717) is 19.0 Å². The average Bonchev–Trinajstić information content (AvgIpc) is 2.26. The third kappa shape index (κ3) is 2.79. The first-order valence-corrected chi connectivity index (χ1v) is 5.95. The highest BCUT2D eigenvalue weighted by Crippen LogP contribution is 2.34. The summed E-state index contributed by atoms with van der Waals surface area (Å²) >= 11 is 1.62. The van der Waals surface area contributed by atoms with Crippen LogP contribution in [0.2, 0.25) is 0 Å². The largest absolute Gasteiger partial charge is 0.486 e. The lowest BCUT2D eigenvalue weighted by Gasteiger charge is -2.18. The number of ether oxygens (including phenoxy) is 2. The maximum absolute atomic E-state index is 9.18. The van der Waals surface area contributed by atoms with Crippen LogP contribution in [0.3, 0.4) is 0 Å². The molecule has 0 amide bonds. The van der Waals surface area contributed by atoms with Crippen molar-refractivity contribution in [2.75, 3.05) is 19.0 Å². The Hall–Kier alpha value is -0.870. The molecule has 1 N–H and O–H groups in total. The standard InChI is InChI=1S/C11H14O3S/c1-8(12)7-15-9-2-3-10-11(6-9)14-5-4-13-10/h2-3,6,8,12H,4-5,7H2,1H3/t8-/m0/s1. The van der Waals surface area contributed by atoms with Gasteiger partial charge in [0.25, 0.3) is 0 Å². The molecular weight excluding hydrogens is 212 g/mol. The summed E-state index contributed by atoms with van der Waals surface area (Å²) < 4.78 is 10.9. The molecule has 1 atom stereocenters. The highest BCUT2D eigenvalue weighted by atomic mass is 32.2. The van der Waals surface area contributed by atoms with E-state index in [9.17, 15) is 5.11 Å². The maximum atomic E-state index is 9.18. The van der Waals surface area contributed by atoms with E-state index < -0.39 is 0 Å². The van der Waals surface area contributed by atoms with Crippen molar-refractivity contribution < 1.29 is 14.6 Å². The number of hydrogen-bond acceptors (Lipinski definition) is 4. The van der Waals surface area contributed by atoms with Gasteiger partial charge in [-0.3, -0.25) is 0 Å². The van der Waals surface area contributed by atoms with Crippen LogP contribution < -0.4 is 9.47 Å². The zero-order valence-corrected chi connectivity index (χ0v) is 9.42. The summed E-state index contributed by atoms with van der Waals surface area (Å²) in [5.74, 6) is 2.30. The van der Waals surface area contributed by atoms with E-state index >= 15 is 0 Å². The summed E-state index contributed by atoms with van der Waals surface area (Å²) in [6, 6.07) is 5.86. The molecule has 1 aliphatic rings. The quantitative estimate of drug-likeness (QED) is 0.799. The second-order valence-electron chi connectivity index (χ2n) is 3.47. The second-order valence-corrected chi connectivity index (χ2v) is 4.56. The fourth-order valence-electron chi connectivity index (χ4n) is 1.33. The van der Waals surface area contributed by atoms with Gasteiger partial charge in [-0.05, 0) is 25.1 Å². The Morgan fingerprint density at radius 1 is 1.33 bits per heavy atom. The molecule has 3 nitrogen and oxygen atoms in total. The van der Waals surface area contributed by atoms with Crippen molar-refractivity contribution in [3.8, 4) is 11.5 Å². The molecule has 0 fully saturated rings. The van der Waals surface area contributed by atoms with Crippen LogP contribution >= 0.6 is 11.8 Å². The molecule has 82 valence electrons. The van der Waals surface area contributed by atoms with Gasteiger partial charge in [-0.2, -0.15) is 0 Å².